The van der Waals surface area contributed by atoms with E-state index in [0.29, 0.717) is 0 Å². The van der Waals surface area contributed by atoms with Crippen molar-refractivity contribution in [1.29, 1.82) is 0 Å². The van der Waals surface area contributed by atoms with E-state index in [1.165, 1.54) is 50.1 Å². The largest absolute Gasteiger partial charge is 0.315 e. The summed E-state index contributed by atoms with van der Waals surface area (Å²) in [7, 11) is 0. The van der Waals surface area contributed by atoms with Gasteiger partial charge in [-0.1, -0.05) is 25.8 Å². The third-order valence-electron chi connectivity index (χ3n) is 3.95. The summed E-state index contributed by atoms with van der Waals surface area (Å²) in [5, 5.41) is 5.74. The van der Waals surface area contributed by atoms with E-state index in [0.717, 1.165) is 19.1 Å². The van der Waals surface area contributed by atoms with Crippen LogP contribution in [0.5, 0.6) is 0 Å². The molecule has 0 aliphatic heterocycles. The summed E-state index contributed by atoms with van der Waals surface area (Å²) >= 11 is 1.86. The van der Waals surface area contributed by atoms with Crippen LogP contribution in [0.1, 0.15) is 37.5 Å². The predicted octanol–water partition coefficient (Wildman–Crippen LogP) is 3.14. The minimum atomic E-state index is 0.870. The van der Waals surface area contributed by atoms with Crippen LogP contribution < -0.4 is 5.32 Å². The maximum atomic E-state index is 3.58. The molecule has 0 bridgehead atoms. The Morgan fingerprint density at radius 1 is 1.33 bits per heavy atom. The van der Waals surface area contributed by atoms with E-state index in [4.69, 9.17) is 0 Å². The van der Waals surface area contributed by atoms with E-state index in [-0.39, 0.29) is 0 Å². The molecule has 3 heteroatoms. The van der Waals surface area contributed by atoms with Crippen molar-refractivity contribution >= 4 is 11.3 Å². The Kier molecular flexibility index (Phi) is 6.18. The van der Waals surface area contributed by atoms with Crippen molar-refractivity contribution in [1.82, 2.24) is 10.2 Å². The van der Waals surface area contributed by atoms with Gasteiger partial charge < -0.3 is 5.32 Å². The smallest absolute Gasteiger partial charge is 0.0110 e. The van der Waals surface area contributed by atoms with Gasteiger partial charge in [-0.05, 0) is 37.3 Å². The van der Waals surface area contributed by atoms with Crippen LogP contribution in [0.25, 0.3) is 0 Å². The number of likely N-dealkylation sites (N-methyl/N-ethyl adjacent to an activating group) is 1. The number of hydrogen-bond acceptors (Lipinski definition) is 3. The first-order chi connectivity index (χ1) is 8.90. The van der Waals surface area contributed by atoms with Gasteiger partial charge in [0.05, 0.1) is 0 Å². The molecule has 0 saturated heterocycles. The van der Waals surface area contributed by atoms with Gasteiger partial charge in [0.15, 0.2) is 0 Å². The van der Waals surface area contributed by atoms with Crippen molar-refractivity contribution in [2.45, 2.75) is 45.1 Å². The molecular formula is C15H26N2S. The van der Waals surface area contributed by atoms with Crippen molar-refractivity contribution in [3.05, 3.63) is 22.4 Å². The molecule has 0 amide bonds. The Morgan fingerprint density at radius 2 is 2.17 bits per heavy atom. The molecule has 1 aliphatic rings. The molecule has 0 unspecified atom stereocenters. The first kappa shape index (κ1) is 14.0. The maximum absolute atomic E-state index is 3.58. The van der Waals surface area contributed by atoms with Gasteiger partial charge in [0.2, 0.25) is 0 Å². The maximum Gasteiger partial charge on any atom is 0.0110 e. The molecule has 1 aromatic rings. The first-order valence-electron chi connectivity index (χ1n) is 7.37. The van der Waals surface area contributed by atoms with Crippen LogP contribution in [0.15, 0.2) is 17.5 Å². The Morgan fingerprint density at radius 3 is 2.83 bits per heavy atom. The minimum Gasteiger partial charge on any atom is -0.315 e. The molecule has 2 nitrogen and oxygen atoms in total. The fraction of sp³-hybridized carbons (Fsp3) is 0.733. The topological polar surface area (TPSA) is 15.3 Å². The number of thiophene rings is 1. The Hall–Kier alpha value is -0.380. The van der Waals surface area contributed by atoms with Gasteiger partial charge in [-0.25, -0.2) is 0 Å². The molecule has 1 fully saturated rings. The van der Waals surface area contributed by atoms with Gasteiger partial charge in [-0.2, -0.15) is 0 Å². The molecule has 2 rings (SSSR count). The van der Waals surface area contributed by atoms with Crippen LogP contribution in [0.4, 0.5) is 0 Å². The highest BCUT2D eigenvalue weighted by molar-refractivity contribution is 7.09. The molecule has 18 heavy (non-hydrogen) atoms. The van der Waals surface area contributed by atoms with E-state index < -0.39 is 0 Å². The minimum absolute atomic E-state index is 0.870. The van der Waals surface area contributed by atoms with Crippen molar-refractivity contribution in [3.8, 4) is 0 Å². The Bertz CT molecular complexity index is 304. The second kappa shape index (κ2) is 7.93. The summed E-state index contributed by atoms with van der Waals surface area (Å²) in [5.74, 6) is 0. The number of hydrogen-bond donors (Lipinski definition) is 1. The van der Waals surface area contributed by atoms with Crippen LogP contribution in [-0.4, -0.2) is 37.1 Å². The predicted molar refractivity (Wildman–Crippen MR) is 80.4 cm³/mol. The van der Waals surface area contributed by atoms with Crippen LogP contribution in [-0.2, 0) is 6.42 Å². The second-order valence-corrected chi connectivity index (χ2v) is 6.18. The lowest BCUT2D eigenvalue weighted by molar-refractivity contribution is 0.209. The molecular weight excluding hydrogens is 240 g/mol. The van der Waals surface area contributed by atoms with Gasteiger partial charge in [-0.15, -0.1) is 11.3 Å². The molecule has 102 valence electrons. The summed E-state index contributed by atoms with van der Waals surface area (Å²) in [6.45, 7) is 6.96. The van der Waals surface area contributed by atoms with Gasteiger partial charge in [0, 0.05) is 30.6 Å². The fourth-order valence-electron chi connectivity index (χ4n) is 2.88. The van der Waals surface area contributed by atoms with Gasteiger partial charge in [0.25, 0.3) is 0 Å². The van der Waals surface area contributed by atoms with Crippen LogP contribution in [0, 0.1) is 0 Å². The highest BCUT2D eigenvalue weighted by Gasteiger charge is 2.20. The lowest BCUT2D eigenvalue weighted by atomic mass is 10.2. The quantitative estimate of drug-likeness (QED) is 0.727. The molecule has 0 radical (unpaired) electrons. The average Bonchev–Trinajstić information content (AvgIpc) is 3.06. The van der Waals surface area contributed by atoms with Gasteiger partial charge in [0.1, 0.15) is 0 Å². The number of nitrogens with zero attached hydrogens (tertiary/aromatic N) is 1. The first-order valence-corrected chi connectivity index (χ1v) is 8.25. The molecule has 0 spiro atoms. The zero-order chi connectivity index (χ0) is 12.6. The SMILES string of the molecule is CCN(CCNCCc1cccs1)C1CCCC1. The zero-order valence-corrected chi connectivity index (χ0v) is 12.3. The summed E-state index contributed by atoms with van der Waals surface area (Å²) in [6, 6.07) is 5.23. The van der Waals surface area contributed by atoms with Crippen molar-refractivity contribution in [3.63, 3.8) is 0 Å². The molecule has 0 aromatic carbocycles. The number of rotatable bonds is 8. The monoisotopic (exact) mass is 266 g/mol. The zero-order valence-electron chi connectivity index (χ0n) is 11.5. The fourth-order valence-corrected chi connectivity index (χ4v) is 3.59. The Labute approximate surface area is 115 Å². The van der Waals surface area contributed by atoms with Gasteiger partial charge >= 0.3 is 0 Å². The summed E-state index contributed by atoms with van der Waals surface area (Å²) < 4.78 is 0. The van der Waals surface area contributed by atoms with Crippen molar-refractivity contribution < 1.29 is 0 Å². The van der Waals surface area contributed by atoms with E-state index in [1.54, 1.807) is 0 Å². The molecule has 1 heterocycles. The summed E-state index contributed by atoms with van der Waals surface area (Å²) in [5.41, 5.74) is 0. The molecule has 0 atom stereocenters. The molecule has 1 aromatic heterocycles. The summed E-state index contributed by atoms with van der Waals surface area (Å²) in [4.78, 5) is 4.15. The average molecular weight is 266 g/mol. The highest BCUT2D eigenvalue weighted by Crippen LogP contribution is 2.22. The third kappa shape index (κ3) is 4.38. The van der Waals surface area contributed by atoms with Crippen molar-refractivity contribution in [2.24, 2.45) is 0 Å². The molecule has 1 saturated carbocycles. The van der Waals surface area contributed by atoms with Gasteiger partial charge in [-0.3, -0.25) is 4.90 Å². The van der Waals surface area contributed by atoms with E-state index >= 15 is 0 Å². The van der Waals surface area contributed by atoms with Crippen molar-refractivity contribution in [2.75, 3.05) is 26.2 Å². The Balaban J connectivity index is 1.56. The van der Waals surface area contributed by atoms with E-state index in [1.807, 2.05) is 11.3 Å². The highest BCUT2D eigenvalue weighted by atomic mass is 32.1. The summed E-state index contributed by atoms with van der Waals surface area (Å²) in [6.07, 6.45) is 6.89. The van der Waals surface area contributed by atoms with Crippen LogP contribution >= 0.6 is 11.3 Å². The lowest BCUT2D eigenvalue weighted by Gasteiger charge is -2.27. The van der Waals surface area contributed by atoms with E-state index in [2.05, 4.69) is 34.7 Å². The second-order valence-electron chi connectivity index (χ2n) is 5.15. The standard InChI is InChI=1S/C15H26N2S/c1-2-17(14-6-3-4-7-14)12-11-16-10-9-15-8-5-13-18-15/h5,8,13-14,16H,2-4,6-7,9-12H2,1H3. The molecule has 1 N–H and O–H groups in total. The van der Waals surface area contributed by atoms with E-state index in [9.17, 15) is 0 Å². The normalized spacial score (nSPS) is 16.8. The third-order valence-corrected chi connectivity index (χ3v) is 4.89. The van der Waals surface area contributed by atoms with Crippen LogP contribution in [0.3, 0.4) is 0 Å². The van der Waals surface area contributed by atoms with Crippen LogP contribution in [0.2, 0.25) is 0 Å². The lowest BCUT2D eigenvalue weighted by Crippen LogP contribution is -2.38. The number of nitrogens with one attached hydrogen (secondary N) is 1. The molecule has 1 aliphatic carbocycles.